The first kappa shape index (κ1) is 15.3. The number of aromatic nitrogens is 2. The van der Waals surface area contributed by atoms with E-state index in [2.05, 4.69) is 34.0 Å². The first-order valence-corrected chi connectivity index (χ1v) is 8.07. The number of rotatable bonds is 5. The molecule has 20 heavy (non-hydrogen) atoms. The summed E-state index contributed by atoms with van der Waals surface area (Å²) in [6.07, 6.45) is 10.6. The van der Waals surface area contributed by atoms with Gasteiger partial charge in [-0.25, -0.2) is 4.98 Å². The van der Waals surface area contributed by atoms with Crippen LogP contribution in [0.4, 0.5) is 0 Å². The van der Waals surface area contributed by atoms with Crippen molar-refractivity contribution in [2.45, 2.75) is 52.1 Å². The summed E-state index contributed by atoms with van der Waals surface area (Å²) in [5.74, 6) is 1.50. The highest BCUT2D eigenvalue weighted by Crippen LogP contribution is 2.29. The minimum atomic E-state index is 0.535. The van der Waals surface area contributed by atoms with Crippen molar-refractivity contribution in [3.8, 4) is 0 Å². The quantitative estimate of drug-likeness (QED) is 0.647. The Morgan fingerprint density at radius 2 is 2.25 bits per heavy atom. The number of nitrogens with one attached hydrogen (secondary N) is 2. The molecule has 0 unspecified atom stereocenters. The second-order valence-electron chi connectivity index (χ2n) is 5.93. The van der Waals surface area contributed by atoms with Crippen molar-refractivity contribution in [2.24, 2.45) is 11.8 Å². The van der Waals surface area contributed by atoms with Crippen LogP contribution in [0.25, 0.3) is 0 Å². The minimum absolute atomic E-state index is 0.535. The van der Waals surface area contributed by atoms with Gasteiger partial charge < -0.3 is 15.2 Å². The molecule has 1 saturated carbocycles. The molecule has 0 bridgehead atoms. The zero-order valence-electron chi connectivity index (χ0n) is 12.5. The predicted molar refractivity (Wildman–Crippen MR) is 86.5 cm³/mol. The number of hydrogen-bond donors (Lipinski definition) is 2. The highest BCUT2D eigenvalue weighted by molar-refractivity contribution is 7.80. The number of hydrogen-bond acceptors (Lipinski definition) is 2. The average molecular weight is 294 g/mol. The number of thiocarbonyl (C=S) groups is 1. The van der Waals surface area contributed by atoms with Crippen molar-refractivity contribution in [2.75, 3.05) is 6.54 Å². The summed E-state index contributed by atoms with van der Waals surface area (Å²) in [5.41, 5.74) is 0. The van der Waals surface area contributed by atoms with E-state index in [-0.39, 0.29) is 0 Å². The molecule has 2 N–H and O–H groups in total. The number of aryl methyl sites for hydroxylation is 1. The van der Waals surface area contributed by atoms with Gasteiger partial charge in [-0.15, -0.1) is 0 Å². The third-order valence-electron chi connectivity index (χ3n) is 4.46. The molecule has 2 rings (SSSR count). The molecule has 3 atom stereocenters. The zero-order chi connectivity index (χ0) is 14.4. The lowest BCUT2D eigenvalue weighted by atomic mass is 9.78. The molecule has 5 heteroatoms. The Morgan fingerprint density at radius 1 is 1.40 bits per heavy atom. The lowest BCUT2D eigenvalue weighted by Gasteiger charge is -2.35. The van der Waals surface area contributed by atoms with E-state index in [1.165, 1.54) is 19.3 Å². The monoisotopic (exact) mass is 294 g/mol. The lowest BCUT2D eigenvalue weighted by Crippen LogP contribution is -2.47. The highest BCUT2D eigenvalue weighted by atomic mass is 32.1. The Kier molecular flexibility index (Phi) is 5.83. The summed E-state index contributed by atoms with van der Waals surface area (Å²) in [6, 6.07) is 0.535. The Balaban J connectivity index is 1.62. The predicted octanol–water partition coefficient (Wildman–Crippen LogP) is 2.56. The van der Waals surface area contributed by atoms with E-state index in [1.54, 1.807) is 0 Å². The van der Waals surface area contributed by atoms with E-state index in [0.29, 0.717) is 12.0 Å². The van der Waals surface area contributed by atoms with Crippen LogP contribution in [0.2, 0.25) is 0 Å². The summed E-state index contributed by atoms with van der Waals surface area (Å²) in [6.45, 7) is 6.57. The average Bonchev–Trinajstić information content (AvgIpc) is 2.93. The van der Waals surface area contributed by atoms with Crippen molar-refractivity contribution >= 4 is 17.3 Å². The smallest absolute Gasteiger partial charge is 0.166 e. The van der Waals surface area contributed by atoms with Gasteiger partial charge in [-0.05, 0) is 36.9 Å². The van der Waals surface area contributed by atoms with Crippen LogP contribution in [-0.2, 0) is 6.54 Å². The molecular formula is C15H26N4S. The first-order valence-electron chi connectivity index (χ1n) is 7.67. The van der Waals surface area contributed by atoms with Gasteiger partial charge in [0.1, 0.15) is 0 Å². The van der Waals surface area contributed by atoms with Crippen LogP contribution in [0.15, 0.2) is 18.7 Å². The van der Waals surface area contributed by atoms with E-state index in [1.807, 2.05) is 18.7 Å². The lowest BCUT2D eigenvalue weighted by molar-refractivity contribution is 0.224. The van der Waals surface area contributed by atoms with Gasteiger partial charge in [-0.2, -0.15) is 0 Å². The standard InChI is InChI=1S/C15H26N4S/c1-12-5-3-6-14(13(12)2)18-15(20)17-7-4-9-19-10-8-16-11-19/h8,10-14H,3-7,9H2,1-2H3,(H2,17,18,20)/t12-,13+,14-/m0/s1. The van der Waals surface area contributed by atoms with E-state index >= 15 is 0 Å². The van der Waals surface area contributed by atoms with Gasteiger partial charge in [0.05, 0.1) is 6.33 Å². The fourth-order valence-electron chi connectivity index (χ4n) is 2.89. The van der Waals surface area contributed by atoms with Crippen LogP contribution in [-0.4, -0.2) is 27.3 Å². The topological polar surface area (TPSA) is 41.9 Å². The van der Waals surface area contributed by atoms with Gasteiger partial charge >= 0.3 is 0 Å². The third kappa shape index (κ3) is 4.47. The molecule has 0 radical (unpaired) electrons. The maximum atomic E-state index is 5.40. The van der Waals surface area contributed by atoms with Gasteiger partial charge in [0.2, 0.25) is 0 Å². The largest absolute Gasteiger partial charge is 0.363 e. The summed E-state index contributed by atoms with van der Waals surface area (Å²) in [4.78, 5) is 4.03. The molecular weight excluding hydrogens is 268 g/mol. The molecule has 1 aromatic rings. The van der Waals surface area contributed by atoms with Crippen molar-refractivity contribution in [3.63, 3.8) is 0 Å². The second kappa shape index (κ2) is 7.62. The Hall–Kier alpha value is -1.10. The maximum absolute atomic E-state index is 5.40. The molecule has 1 aromatic heterocycles. The Labute approximate surface area is 127 Å². The van der Waals surface area contributed by atoms with E-state index in [4.69, 9.17) is 12.2 Å². The summed E-state index contributed by atoms with van der Waals surface area (Å²) in [7, 11) is 0. The van der Waals surface area contributed by atoms with Gasteiger partial charge in [0.25, 0.3) is 0 Å². The van der Waals surface area contributed by atoms with Crippen molar-refractivity contribution in [3.05, 3.63) is 18.7 Å². The Morgan fingerprint density at radius 3 is 3.00 bits per heavy atom. The molecule has 0 amide bonds. The van der Waals surface area contributed by atoms with Crippen LogP contribution in [0.3, 0.4) is 0 Å². The van der Waals surface area contributed by atoms with Crippen LogP contribution in [0.5, 0.6) is 0 Å². The van der Waals surface area contributed by atoms with Crippen molar-refractivity contribution < 1.29 is 0 Å². The van der Waals surface area contributed by atoms with Gasteiger partial charge in [-0.3, -0.25) is 0 Å². The van der Waals surface area contributed by atoms with Crippen LogP contribution in [0, 0.1) is 11.8 Å². The fourth-order valence-corrected chi connectivity index (χ4v) is 3.14. The molecule has 1 heterocycles. The molecule has 0 aliphatic heterocycles. The zero-order valence-corrected chi connectivity index (χ0v) is 13.3. The van der Waals surface area contributed by atoms with E-state index in [0.717, 1.165) is 30.5 Å². The number of imidazole rings is 1. The summed E-state index contributed by atoms with van der Waals surface area (Å²) >= 11 is 5.40. The SMILES string of the molecule is C[C@H]1[C@@H](NC(=S)NCCCn2ccnc2)CCC[C@@H]1C. The molecule has 0 aromatic carbocycles. The van der Waals surface area contributed by atoms with E-state index in [9.17, 15) is 0 Å². The molecule has 112 valence electrons. The Bertz CT molecular complexity index is 404. The summed E-state index contributed by atoms with van der Waals surface area (Å²) < 4.78 is 2.09. The van der Waals surface area contributed by atoms with Crippen molar-refractivity contribution in [1.82, 2.24) is 20.2 Å². The number of nitrogens with zero attached hydrogens (tertiary/aromatic N) is 2. The minimum Gasteiger partial charge on any atom is -0.363 e. The molecule has 0 saturated heterocycles. The molecule has 1 aliphatic carbocycles. The molecule has 4 nitrogen and oxygen atoms in total. The van der Waals surface area contributed by atoms with Crippen LogP contribution in [0.1, 0.15) is 39.5 Å². The highest BCUT2D eigenvalue weighted by Gasteiger charge is 2.27. The fraction of sp³-hybridized carbons (Fsp3) is 0.733. The van der Waals surface area contributed by atoms with E-state index < -0.39 is 0 Å². The van der Waals surface area contributed by atoms with Gasteiger partial charge in [-0.1, -0.05) is 26.7 Å². The van der Waals surface area contributed by atoms with Crippen LogP contribution < -0.4 is 10.6 Å². The summed E-state index contributed by atoms with van der Waals surface area (Å²) in [5, 5.41) is 7.62. The third-order valence-corrected chi connectivity index (χ3v) is 4.72. The van der Waals surface area contributed by atoms with Gasteiger partial charge in [0.15, 0.2) is 5.11 Å². The normalized spacial score (nSPS) is 26.2. The van der Waals surface area contributed by atoms with Crippen molar-refractivity contribution in [1.29, 1.82) is 0 Å². The van der Waals surface area contributed by atoms with Crippen LogP contribution >= 0.6 is 12.2 Å². The van der Waals surface area contributed by atoms with Gasteiger partial charge in [0, 0.05) is 31.5 Å². The first-order chi connectivity index (χ1) is 9.66. The maximum Gasteiger partial charge on any atom is 0.166 e. The molecule has 1 aliphatic rings. The molecule has 1 fully saturated rings. The molecule has 0 spiro atoms. The second-order valence-corrected chi connectivity index (χ2v) is 6.34.